The zero-order valence-electron chi connectivity index (χ0n) is 11.1. The molecule has 0 aliphatic rings. The Labute approximate surface area is 96.0 Å². The Hall–Kier alpha value is -0.123. The predicted molar refractivity (Wildman–Crippen MR) is 70.6 cm³/mol. The van der Waals surface area contributed by atoms with E-state index in [-0.39, 0.29) is 11.1 Å². The van der Waals surface area contributed by atoms with E-state index < -0.39 is 8.32 Å². The minimum atomic E-state index is -1.61. The van der Waals surface area contributed by atoms with E-state index in [1.54, 1.807) is 0 Å². The standard InChI is InChI=1S/C12H27NOSi/c1-7-8-9-11(13)10-14-15(5,6)12(2,3)4/h7-8,11H,9-10,13H2,1-6H3. The molecule has 0 amide bonds. The van der Waals surface area contributed by atoms with Gasteiger partial charge in [-0.25, -0.2) is 0 Å². The number of nitrogens with two attached hydrogens (primary N) is 1. The van der Waals surface area contributed by atoms with Crippen molar-refractivity contribution in [3.8, 4) is 0 Å². The molecule has 0 fully saturated rings. The Morgan fingerprint density at radius 1 is 1.33 bits per heavy atom. The molecule has 0 aromatic rings. The molecule has 0 radical (unpaired) electrons. The van der Waals surface area contributed by atoms with Gasteiger partial charge in [-0.1, -0.05) is 32.9 Å². The van der Waals surface area contributed by atoms with Crippen molar-refractivity contribution in [2.45, 2.75) is 58.3 Å². The van der Waals surface area contributed by atoms with Crippen LogP contribution in [0.5, 0.6) is 0 Å². The average Bonchev–Trinajstić information content (AvgIpc) is 2.09. The van der Waals surface area contributed by atoms with E-state index >= 15 is 0 Å². The van der Waals surface area contributed by atoms with Gasteiger partial charge in [0.05, 0.1) is 0 Å². The highest BCUT2D eigenvalue weighted by molar-refractivity contribution is 6.74. The maximum Gasteiger partial charge on any atom is 0.192 e. The van der Waals surface area contributed by atoms with Crippen molar-refractivity contribution in [1.29, 1.82) is 0 Å². The molecule has 1 atom stereocenters. The van der Waals surface area contributed by atoms with Crippen molar-refractivity contribution in [3.05, 3.63) is 12.2 Å². The maximum atomic E-state index is 6.03. The summed E-state index contributed by atoms with van der Waals surface area (Å²) in [7, 11) is -1.61. The first-order chi connectivity index (χ1) is 6.70. The lowest BCUT2D eigenvalue weighted by molar-refractivity contribution is 0.263. The van der Waals surface area contributed by atoms with Gasteiger partial charge in [0.1, 0.15) is 0 Å². The Kier molecular flexibility index (Phi) is 5.78. The Bertz CT molecular complexity index is 206. The van der Waals surface area contributed by atoms with E-state index in [0.29, 0.717) is 6.61 Å². The minimum absolute atomic E-state index is 0.135. The fraction of sp³-hybridized carbons (Fsp3) is 0.833. The second-order valence-electron chi connectivity index (χ2n) is 5.64. The number of rotatable bonds is 5. The molecule has 1 unspecified atom stereocenters. The van der Waals surface area contributed by atoms with Crippen LogP contribution < -0.4 is 5.73 Å². The van der Waals surface area contributed by atoms with E-state index in [4.69, 9.17) is 10.2 Å². The molecule has 0 aromatic heterocycles. The molecule has 0 bridgehead atoms. The summed E-state index contributed by atoms with van der Waals surface area (Å²) >= 11 is 0. The van der Waals surface area contributed by atoms with Crippen LogP contribution >= 0.6 is 0 Å². The molecule has 0 aliphatic heterocycles. The first kappa shape index (κ1) is 14.9. The highest BCUT2D eigenvalue weighted by Gasteiger charge is 2.37. The van der Waals surface area contributed by atoms with Gasteiger partial charge in [0.15, 0.2) is 8.32 Å². The van der Waals surface area contributed by atoms with Gasteiger partial charge in [-0.2, -0.15) is 0 Å². The summed E-state index contributed by atoms with van der Waals surface area (Å²) in [4.78, 5) is 0. The zero-order valence-corrected chi connectivity index (χ0v) is 12.1. The molecule has 3 heteroatoms. The molecule has 2 nitrogen and oxygen atoms in total. The largest absolute Gasteiger partial charge is 0.415 e. The van der Waals surface area contributed by atoms with Crippen LogP contribution in [0.2, 0.25) is 18.1 Å². The lowest BCUT2D eigenvalue weighted by atomic mass is 10.2. The lowest BCUT2D eigenvalue weighted by Crippen LogP contribution is -2.43. The first-order valence-corrected chi connectivity index (χ1v) is 8.62. The Morgan fingerprint density at radius 2 is 1.87 bits per heavy atom. The summed E-state index contributed by atoms with van der Waals surface area (Å²) in [6, 6.07) is 0.135. The van der Waals surface area contributed by atoms with Crippen LogP contribution in [0.25, 0.3) is 0 Å². The molecular weight excluding hydrogens is 202 g/mol. The lowest BCUT2D eigenvalue weighted by Gasteiger charge is -2.36. The molecule has 0 heterocycles. The SMILES string of the molecule is CC=CCC(N)CO[Si](C)(C)C(C)(C)C. The molecular formula is C12H27NOSi. The minimum Gasteiger partial charge on any atom is -0.415 e. The summed E-state index contributed by atoms with van der Waals surface area (Å²) in [6.07, 6.45) is 5.04. The van der Waals surface area contributed by atoms with Gasteiger partial charge in [0.2, 0.25) is 0 Å². The van der Waals surface area contributed by atoms with Crippen molar-refractivity contribution in [3.63, 3.8) is 0 Å². The van der Waals surface area contributed by atoms with Crippen LogP contribution in [0, 0.1) is 0 Å². The number of allylic oxidation sites excluding steroid dienone is 1. The van der Waals surface area contributed by atoms with Crippen LogP contribution in [0.3, 0.4) is 0 Å². The highest BCUT2D eigenvalue weighted by atomic mass is 28.4. The molecule has 0 aromatic carbocycles. The smallest absolute Gasteiger partial charge is 0.192 e. The second-order valence-corrected chi connectivity index (χ2v) is 10.4. The van der Waals surface area contributed by atoms with E-state index in [1.807, 2.05) is 13.0 Å². The molecule has 2 N–H and O–H groups in total. The van der Waals surface area contributed by atoms with Gasteiger partial charge in [-0.15, -0.1) is 0 Å². The predicted octanol–water partition coefficient (Wildman–Crippen LogP) is 3.30. The molecule has 0 saturated carbocycles. The van der Waals surface area contributed by atoms with E-state index in [9.17, 15) is 0 Å². The van der Waals surface area contributed by atoms with E-state index in [0.717, 1.165) is 6.42 Å². The fourth-order valence-corrected chi connectivity index (χ4v) is 1.97. The van der Waals surface area contributed by atoms with Gasteiger partial charge in [-0.05, 0) is 31.5 Å². The number of hydrogen-bond donors (Lipinski definition) is 1. The van der Waals surface area contributed by atoms with Crippen molar-refractivity contribution < 1.29 is 4.43 Å². The van der Waals surface area contributed by atoms with Crippen LogP contribution in [-0.4, -0.2) is 21.0 Å². The third kappa shape index (κ3) is 5.49. The zero-order chi connectivity index (χ0) is 12.1. The first-order valence-electron chi connectivity index (χ1n) is 5.71. The summed E-state index contributed by atoms with van der Waals surface area (Å²) in [5.74, 6) is 0. The molecule has 0 aliphatic carbocycles. The van der Waals surface area contributed by atoms with Gasteiger partial charge < -0.3 is 10.2 Å². The monoisotopic (exact) mass is 229 g/mol. The van der Waals surface area contributed by atoms with Crippen LogP contribution in [0.15, 0.2) is 12.2 Å². The maximum absolute atomic E-state index is 6.03. The number of hydrogen-bond acceptors (Lipinski definition) is 2. The summed E-state index contributed by atoms with van der Waals surface area (Å²) in [5, 5.41) is 0.271. The van der Waals surface area contributed by atoms with E-state index in [2.05, 4.69) is 39.9 Å². The quantitative estimate of drug-likeness (QED) is 0.580. The Balaban J connectivity index is 4.04. The second kappa shape index (κ2) is 5.82. The van der Waals surface area contributed by atoms with Gasteiger partial charge in [0, 0.05) is 12.6 Å². The highest BCUT2D eigenvalue weighted by Crippen LogP contribution is 2.36. The van der Waals surface area contributed by atoms with Crippen molar-refractivity contribution in [2.75, 3.05) is 6.61 Å². The molecule has 90 valence electrons. The van der Waals surface area contributed by atoms with Crippen molar-refractivity contribution >= 4 is 8.32 Å². The van der Waals surface area contributed by atoms with Gasteiger partial charge in [0.25, 0.3) is 0 Å². The molecule has 0 saturated heterocycles. The van der Waals surface area contributed by atoms with Crippen molar-refractivity contribution in [1.82, 2.24) is 0 Å². The van der Waals surface area contributed by atoms with Crippen LogP contribution in [-0.2, 0) is 4.43 Å². The normalized spacial score (nSPS) is 15.9. The third-order valence-electron chi connectivity index (χ3n) is 3.14. The van der Waals surface area contributed by atoms with Gasteiger partial charge in [-0.3, -0.25) is 0 Å². The topological polar surface area (TPSA) is 35.2 Å². The van der Waals surface area contributed by atoms with Crippen molar-refractivity contribution in [2.24, 2.45) is 5.73 Å². The summed E-state index contributed by atoms with van der Waals surface area (Å²) < 4.78 is 6.03. The summed E-state index contributed by atoms with van der Waals surface area (Å²) in [6.45, 7) is 14.0. The fourth-order valence-electron chi connectivity index (χ4n) is 0.911. The molecule has 15 heavy (non-hydrogen) atoms. The third-order valence-corrected chi connectivity index (χ3v) is 7.64. The van der Waals surface area contributed by atoms with Crippen LogP contribution in [0.4, 0.5) is 0 Å². The molecule has 0 rings (SSSR count). The molecule has 0 spiro atoms. The average molecular weight is 229 g/mol. The Morgan fingerprint density at radius 3 is 2.27 bits per heavy atom. The van der Waals surface area contributed by atoms with Crippen LogP contribution in [0.1, 0.15) is 34.1 Å². The summed E-state index contributed by atoms with van der Waals surface area (Å²) in [5.41, 5.74) is 5.96. The van der Waals surface area contributed by atoms with E-state index in [1.165, 1.54) is 0 Å². The van der Waals surface area contributed by atoms with Gasteiger partial charge >= 0.3 is 0 Å².